The number of ether oxygens (including phenoxy) is 1. The minimum absolute atomic E-state index is 0.252. The molecule has 2 heterocycles. The number of pyridine rings is 2. The van der Waals surface area contributed by atoms with Gasteiger partial charge in [0.2, 0.25) is 0 Å². The van der Waals surface area contributed by atoms with Gasteiger partial charge in [0.05, 0.1) is 11.9 Å². The van der Waals surface area contributed by atoms with E-state index < -0.39 is 17.2 Å². The van der Waals surface area contributed by atoms with Gasteiger partial charge in [-0.1, -0.05) is 12.1 Å². The predicted molar refractivity (Wildman–Crippen MR) is 86.7 cm³/mol. The smallest absolute Gasteiger partial charge is 0.315 e. The SMILES string of the molecule is CC(C)(C(=O)O)c1ncccc1Oc1cnc2c(F)cccc2c1. The second kappa shape index (κ2) is 5.88. The van der Waals surface area contributed by atoms with Gasteiger partial charge in [-0.15, -0.1) is 0 Å². The fourth-order valence-corrected chi connectivity index (χ4v) is 2.33. The molecule has 0 bridgehead atoms. The Kier molecular flexibility index (Phi) is 3.89. The largest absolute Gasteiger partial charge is 0.481 e. The Morgan fingerprint density at radius 2 is 2.00 bits per heavy atom. The van der Waals surface area contributed by atoms with Gasteiger partial charge >= 0.3 is 5.97 Å². The summed E-state index contributed by atoms with van der Waals surface area (Å²) >= 11 is 0. The lowest BCUT2D eigenvalue weighted by atomic mass is 9.88. The van der Waals surface area contributed by atoms with E-state index in [2.05, 4.69) is 9.97 Å². The maximum atomic E-state index is 13.7. The Morgan fingerprint density at radius 3 is 2.75 bits per heavy atom. The van der Waals surface area contributed by atoms with Gasteiger partial charge in [0, 0.05) is 11.6 Å². The Hall–Kier alpha value is -3.02. The highest BCUT2D eigenvalue weighted by molar-refractivity contribution is 5.81. The van der Waals surface area contributed by atoms with E-state index in [0.717, 1.165) is 0 Å². The molecule has 0 unspecified atom stereocenters. The number of benzene rings is 1. The number of aromatic nitrogens is 2. The Labute approximate surface area is 137 Å². The molecule has 3 rings (SSSR count). The van der Waals surface area contributed by atoms with E-state index in [1.807, 2.05) is 0 Å². The highest BCUT2D eigenvalue weighted by Crippen LogP contribution is 2.33. The van der Waals surface area contributed by atoms with Crippen molar-refractivity contribution < 1.29 is 19.0 Å². The normalized spacial score (nSPS) is 11.5. The quantitative estimate of drug-likeness (QED) is 0.786. The van der Waals surface area contributed by atoms with Gasteiger partial charge < -0.3 is 9.84 Å². The predicted octanol–water partition coefficient (Wildman–Crippen LogP) is 3.92. The molecule has 1 aromatic carbocycles. The first-order chi connectivity index (χ1) is 11.4. The number of halogens is 1. The molecule has 6 heteroatoms. The maximum absolute atomic E-state index is 13.7. The number of aliphatic carboxylic acids is 1. The van der Waals surface area contributed by atoms with Gasteiger partial charge in [-0.25, -0.2) is 9.37 Å². The van der Waals surface area contributed by atoms with Crippen molar-refractivity contribution in [2.24, 2.45) is 0 Å². The molecule has 122 valence electrons. The summed E-state index contributed by atoms with van der Waals surface area (Å²) in [5.41, 5.74) is -0.661. The number of hydrogen-bond acceptors (Lipinski definition) is 4. The van der Waals surface area contributed by atoms with E-state index in [-0.39, 0.29) is 5.52 Å². The average molecular weight is 326 g/mol. The molecule has 0 spiro atoms. The van der Waals surface area contributed by atoms with E-state index in [1.165, 1.54) is 18.5 Å². The highest BCUT2D eigenvalue weighted by atomic mass is 19.1. The standard InChI is InChI=1S/C18H15FN2O3/c1-18(2,17(22)23)16-14(7-4-8-20-16)24-12-9-11-5-3-6-13(19)15(11)21-10-12/h3-10H,1-2H3,(H,22,23). The van der Waals surface area contributed by atoms with Crippen molar-refractivity contribution in [2.45, 2.75) is 19.3 Å². The minimum atomic E-state index is -1.22. The third-order valence-electron chi connectivity index (χ3n) is 3.76. The van der Waals surface area contributed by atoms with E-state index in [0.29, 0.717) is 22.6 Å². The van der Waals surface area contributed by atoms with Gasteiger partial charge in [0.1, 0.15) is 28.2 Å². The van der Waals surface area contributed by atoms with Gasteiger partial charge in [-0.3, -0.25) is 9.78 Å². The van der Waals surface area contributed by atoms with Crippen molar-refractivity contribution in [3.05, 3.63) is 60.3 Å². The zero-order valence-electron chi connectivity index (χ0n) is 13.2. The van der Waals surface area contributed by atoms with Crippen LogP contribution in [0.2, 0.25) is 0 Å². The third-order valence-corrected chi connectivity index (χ3v) is 3.76. The molecule has 24 heavy (non-hydrogen) atoms. The molecule has 0 saturated heterocycles. The van der Waals surface area contributed by atoms with Crippen molar-refractivity contribution >= 4 is 16.9 Å². The van der Waals surface area contributed by atoms with Crippen LogP contribution in [0.15, 0.2) is 48.8 Å². The Bertz CT molecular complexity index is 925. The third kappa shape index (κ3) is 2.78. The zero-order chi connectivity index (χ0) is 17.3. The summed E-state index contributed by atoms with van der Waals surface area (Å²) in [4.78, 5) is 19.7. The molecule has 0 atom stereocenters. The fraction of sp³-hybridized carbons (Fsp3) is 0.167. The Balaban J connectivity index is 2.02. The molecule has 0 aliphatic carbocycles. The number of hydrogen-bond donors (Lipinski definition) is 1. The van der Waals surface area contributed by atoms with Crippen LogP contribution < -0.4 is 4.74 Å². The van der Waals surface area contributed by atoms with Crippen LogP contribution in [0.5, 0.6) is 11.5 Å². The number of para-hydroxylation sites is 1. The molecular formula is C18H15FN2O3. The summed E-state index contributed by atoms with van der Waals surface area (Å²) in [6.45, 7) is 3.11. The lowest BCUT2D eigenvalue weighted by molar-refractivity contribution is -0.142. The number of rotatable bonds is 4. The highest BCUT2D eigenvalue weighted by Gasteiger charge is 2.34. The fourth-order valence-electron chi connectivity index (χ4n) is 2.33. The van der Waals surface area contributed by atoms with Gasteiger partial charge in [0.25, 0.3) is 0 Å². The van der Waals surface area contributed by atoms with E-state index in [1.54, 1.807) is 44.2 Å². The number of carboxylic acids is 1. The van der Waals surface area contributed by atoms with Crippen LogP contribution in [0, 0.1) is 5.82 Å². The first-order valence-electron chi connectivity index (χ1n) is 7.30. The maximum Gasteiger partial charge on any atom is 0.315 e. The van der Waals surface area contributed by atoms with Crippen molar-refractivity contribution in [2.75, 3.05) is 0 Å². The first kappa shape index (κ1) is 15.9. The summed E-state index contributed by atoms with van der Waals surface area (Å²) in [5.74, 6) is -0.719. The van der Waals surface area contributed by atoms with Crippen LogP contribution in [0.25, 0.3) is 10.9 Å². The van der Waals surface area contributed by atoms with Crippen LogP contribution in [0.1, 0.15) is 19.5 Å². The molecule has 5 nitrogen and oxygen atoms in total. The van der Waals surface area contributed by atoms with Crippen LogP contribution in [-0.2, 0) is 10.2 Å². The zero-order valence-corrected chi connectivity index (χ0v) is 13.2. The summed E-state index contributed by atoms with van der Waals surface area (Å²) in [5, 5.41) is 10.0. The summed E-state index contributed by atoms with van der Waals surface area (Å²) in [6, 6.07) is 9.60. The lowest BCUT2D eigenvalue weighted by Crippen LogP contribution is -2.30. The molecule has 2 aromatic heterocycles. The molecule has 0 aliphatic rings. The number of carbonyl (C=O) groups is 1. The summed E-state index contributed by atoms with van der Waals surface area (Å²) in [7, 11) is 0. The van der Waals surface area contributed by atoms with E-state index >= 15 is 0 Å². The molecule has 0 aliphatic heterocycles. The summed E-state index contributed by atoms with van der Waals surface area (Å²) < 4.78 is 19.5. The van der Waals surface area contributed by atoms with Gasteiger partial charge in [-0.2, -0.15) is 0 Å². The summed E-state index contributed by atoms with van der Waals surface area (Å²) in [6.07, 6.45) is 2.91. The molecule has 0 saturated carbocycles. The molecule has 1 N–H and O–H groups in total. The number of nitrogens with zero attached hydrogens (tertiary/aromatic N) is 2. The van der Waals surface area contributed by atoms with Crippen LogP contribution in [-0.4, -0.2) is 21.0 Å². The first-order valence-corrected chi connectivity index (χ1v) is 7.30. The lowest BCUT2D eigenvalue weighted by Gasteiger charge is -2.21. The van der Waals surface area contributed by atoms with Crippen molar-refractivity contribution in [1.82, 2.24) is 9.97 Å². The molecule has 0 radical (unpaired) electrons. The average Bonchev–Trinajstić information content (AvgIpc) is 2.55. The van der Waals surface area contributed by atoms with Crippen LogP contribution >= 0.6 is 0 Å². The Morgan fingerprint density at radius 1 is 1.21 bits per heavy atom. The number of carboxylic acid groups (broad SMARTS) is 1. The molecular weight excluding hydrogens is 311 g/mol. The molecule has 3 aromatic rings. The van der Waals surface area contributed by atoms with Crippen LogP contribution in [0.4, 0.5) is 4.39 Å². The van der Waals surface area contributed by atoms with Crippen molar-refractivity contribution in [3.63, 3.8) is 0 Å². The number of fused-ring (bicyclic) bond motifs is 1. The molecule has 0 amide bonds. The van der Waals surface area contributed by atoms with Crippen molar-refractivity contribution in [3.8, 4) is 11.5 Å². The van der Waals surface area contributed by atoms with Crippen LogP contribution in [0.3, 0.4) is 0 Å². The van der Waals surface area contributed by atoms with Crippen molar-refractivity contribution in [1.29, 1.82) is 0 Å². The van der Waals surface area contributed by atoms with Gasteiger partial charge in [-0.05, 0) is 38.1 Å². The van der Waals surface area contributed by atoms with Gasteiger partial charge in [0.15, 0.2) is 0 Å². The van der Waals surface area contributed by atoms with E-state index in [4.69, 9.17) is 4.74 Å². The second-order valence-corrected chi connectivity index (χ2v) is 5.86. The topological polar surface area (TPSA) is 72.3 Å². The minimum Gasteiger partial charge on any atom is -0.481 e. The molecule has 0 fully saturated rings. The second-order valence-electron chi connectivity index (χ2n) is 5.86. The van der Waals surface area contributed by atoms with E-state index in [9.17, 15) is 14.3 Å². The monoisotopic (exact) mass is 326 g/mol.